The van der Waals surface area contributed by atoms with Crippen LogP contribution in [0, 0.1) is 0 Å². The second-order valence-corrected chi connectivity index (χ2v) is 8.01. The topological polar surface area (TPSA) is 71.6 Å². The maximum absolute atomic E-state index is 13.3. The van der Waals surface area contributed by atoms with Gasteiger partial charge in [-0.2, -0.15) is 0 Å². The van der Waals surface area contributed by atoms with Gasteiger partial charge in [-0.3, -0.25) is 4.79 Å². The monoisotopic (exact) mass is 459 g/mol. The van der Waals surface area contributed by atoms with E-state index < -0.39 is 6.04 Å². The maximum atomic E-state index is 13.3. The molecule has 3 aromatic rings. The lowest BCUT2D eigenvalue weighted by Gasteiger charge is -2.30. The Bertz CT molecular complexity index is 1190. The Morgan fingerprint density at radius 3 is 2.55 bits per heavy atom. The Labute approximate surface area is 198 Å². The van der Waals surface area contributed by atoms with E-state index in [0.29, 0.717) is 40.2 Å². The van der Waals surface area contributed by atoms with E-state index in [2.05, 4.69) is 16.0 Å². The number of ether oxygens (including phenoxy) is 2. The predicted molar refractivity (Wildman–Crippen MR) is 133 cm³/mol. The SMILES string of the molecule is COc1cccc(NC(=O)C2=C(C)NC(=S)NC2c2cccc(OCc3ccccc3)c2)c1. The molecule has 6 nitrogen and oxygen atoms in total. The highest BCUT2D eigenvalue weighted by molar-refractivity contribution is 7.80. The van der Waals surface area contributed by atoms with Crippen molar-refractivity contribution in [2.75, 3.05) is 12.4 Å². The van der Waals surface area contributed by atoms with Gasteiger partial charge in [0.1, 0.15) is 18.1 Å². The van der Waals surface area contributed by atoms with Gasteiger partial charge in [-0.25, -0.2) is 0 Å². The van der Waals surface area contributed by atoms with Crippen LogP contribution in [0.25, 0.3) is 0 Å². The lowest BCUT2D eigenvalue weighted by Crippen LogP contribution is -2.45. The first-order valence-electron chi connectivity index (χ1n) is 10.5. The number of methoxy groups -OCH3 is 1. The van der Waals surface area contributed by atoms with Crippen LogP contribution in [0.5, 0.6) is 11.5 Å². The molecular weight excluding hydrogens is 434 g/mol. The summed E-state index contributed by atoms with van der Waals surface area (Å²) in [5, 5.41) is 9.71. The van der Waals surface area contributed by atoms with Crippen molar-refractivity contribution in [1.82, 2.24) is 10.6 Å². The molecule has 1 amide bonds. The summed E-state index contributed by atoms with van der Waals surface area (Å²) >= 11 is 5.37. The summed E-state index contributed by atoms with van der Waals surface area (Å²) in [5.74, 6) is 1.15. The van der Waals surface area contributed by atoms with Crippen LogP contribution in [0.3, 0.4) is 0 Å². The van der Waals surface area contributed by atoms with E-state index >= 15 is 0 Å². The fraction of sp³-hybridized carbons (Fsp3) is 0.154. The van der Waals surface area contributed by atoms with Crippen molar-refractivity contribution in [3.05, 3.63) is 101 Å². The third-order valence-electron chi connectivity index (χ3n) is 5.28. The number of amides is 1. The van der Waals surface area contributed by atoms with Crippen LogP contribution in [0.15, 0.2) is 90.1 Å². The van der Waals surface area contributed by atoms with Gasteiger partial charge >= 0.3 is 0 Å². The minimum Gasteiger partial charge on any atom is -0.497 e. The Morgan fingerprint density at radius 1 is 1.00 bits per heavy atom. The third kappa shape index (κ3) is 5.51. The fourth-order valence-electron chi connectivity index (χ4n) is 3.67. The molecular formula is C26H25N3O3S. The minimum absolute atomic E-state index is 0.233. The van der Waals surface area contributed by atoms with Gasteiger partial charge in [0.05, 0.1) is 18.7 Å². The van der Waals surface area contributed by atoms with E-state index in [4.69, 9.17) is 21.7 Å². The molecule has 0 aliphatic carbocycles. The molecule has 0 saturated carbocycles. The van der Waals surface area contributed by atoms with Gasteiger partial charge in [0.15, 0.2) is 5.11 Å². The summed E-state index contributed by atoms with van der Waals surface area (Å²) in [6, 6.07) is 24.5. The van der Waals surface area contributed by atoms with Crippen LogP contribution in [-0.2, 0) is 11.4 Å². The largest absolute Gasteiger partial charge is 0.497 e. The lowest BCUT2D eigenvalue weighted by molar-refractivity contribution is -0.113. The molecule has 168 valence electrons. The molecule has 4 rings (SSSR count). The van der Waals surface area contributed by atoms with Crippen molar-refractivity contribution in [1.29, 1.82) is 0 Å². The van der Waals surface area contributed by atoms with Gasteiger partial charge in [-0.05, 0) is 54.5 Å². The summed E-state index contributed by atoms with van der Waals surface area (Å²) in [5.41, 5.74) is 3.84. The number of hydrogen-bond acceptors (Lipinski definition) is 4. The van der Waals surface area contributed by atoms with Crippen LogP contribution in [0.4, 0.5) is 5.69 Å². The summed E-state index contributed by atoms with van der Waals surface area (Å²) in [6.07, 6.45) is 0. The number of nitrogens with one attached hydrogen (secondary N) is 3. The number of benzene rings is 3. The molecule has 0 fully saturated rings. The van der Waals surface area contributed by atoms with Crippen molar-refractivity contribution < 1.29 is 14.3 Å². The van der Waals surface area contributed by atoms with E-state index in [1.54, 1.807) is 13.2 Å². The highest BCUT2D eigenvalue weighted by Crippen LogP contribution is 2.30. The number of hydrogen-bond donors (Lipinski definition) is 3. The van der Waals surface area contributed by atoms with E-state index in [0.717, 1.165) is 11.1 Å². The molecule has 1 atom stereocenters. The first-order chi connectivity index (χ1) is 16.0. The molecule has 7 heteroatoms. The van der Waals surface area contributed by atoms with Crippen molar-refractivity contribution in [3.63, 3.8) is 0 Å². The van der Waals surface area contributed by atoms with E-state index in [1.165, 1.54) is 0 Å². The molecule has 3 aromatic carbocycles. The number of rotatable bonds is 7. The van der Waals surface area contributed by atoms with E-state index in [-0.39, 0.29) is 5.91 Å². The van der Waals surface area contributed by atoms with Crippen molar-refractivity contribution in [3.8, 4) is 11.5 Å². The lowest BCUT2D eigenvalue weighted by atomic mass is 9.94. The van der Waals surface area contributed by atoms with Gasteiger partial charge < -0.3 is 25.4 Å². The maximum Gasteiger partial charge on any atom is 0.255 e. The second kappa shape index (κ2) is 10.2. The van der Waals surface area contributed by atoms with Gasteiger partial charge in [0.2, 0.25) is 0 Å². The number of thiocarbonyl (C=S) groups is 1. The quantitative estimate of drug-likeness (QED) is 0.445. The number of anilines is 1. The van der Waals surface area contributed by atoms with Gasteiger partial charge in [0, 0.05) is 17.5 Å². The molecule has 3 N–H and O–H groups in total. The van der Waals surface area contributed by atoms with Crippen molar-refractivity contribution >= 4 is 28.9 Å². The highest BCUT2D eigenvalue weighted by atomic mass is 32.1. The number of carbonyl (C=O) groups is 1. The van der Waals surface area contributed by atoms with Gasteiger partial charge in [-0.1, -0.05) is 48.5 Å². The summed E-state index contributed by atoms with van der Waals surface area (Å²) in [4.78, 5) is 13.3. The van der Waals surface area contributed by atoms with Crippen LogP contribution in [-0.4, -0.2) is 18.1 Å². The van der Waals surface area contributed by atoms with Crippen LogP contribution >= 0.6 is 12.2 Å². The Morgan fingerprint density at radius 2 is 1.76 bits per heavy atom. The number of carbonyl (C=O) groups excluding carboxylic acids is 1. The van der Waals surface area contributed by atoms with E-state index in [9.17, 15) is 4.79 Å². The number of allylic oxidation sites excluding steroid dienone is 1. The molecule has 0 saturated heterocycles. The zero-order valence-electron chi connectivity index (χ0n) is 18.4. The minimum atomic E-state index is -0.426. The van der Waals surface area contributed by atoms with Gasteiger partial charge in [-0.15, -0.1) is 0 Å². The third-order valence-corrected chi connectivity index (χ3v) is 5.50. The Balaban J connectivity index is 1.57. The second-order valence-electron chi connectivity index (χ2n) is 7.60. The van der Waals surface area contributed by atoms with Crippen LogP contribution < -0.4 is 25.4 Å². The van der Waals surface area contributed by atoms with Crippen molar-refractivity contribution in [2.45, 2.75) is 19.6 Å². The molecule has 33 heavy (non-hydrogen) atoms. The summed E-state index contributed by atoms with van der Waals surface area (Å²) in [7, 11) is 1.59. The zero-order valence-corrected chi connectivity index (χ0v) is 19.2. The van der Waals surface area contributed by atoms with E-state index in [1.807, 2.05) is 79.7 Å². The normalized spacial score (nSPS) is 15.3. The zero-order chi connectivity index (χ0) is 23.2. The van der Waals surface area contributed by atoms with Crippen LogP contribution in [0.1, 0.15) is 24.1 Å². The Kier molecular flexibility index (Phi) is 6.90. The van der Waals surface area contributed by atoms with Crippen LogP contribution in [0.2, 0.25) is 0 Å². The molecule has 0 aromatic heterocycles. The molecule has 1 aliphatic rings. The smallest absolute Gasteiger partial charge is 0.255 e. The Hall–Kier alpha value is -3.84. The molecule has 0 bridgehead atoms. The fourth-order valence-corrected chi connectivity index (χ4v) is 3.94. The van der Waals surface area contributed by atoms with Crippen molar-refractivity contribution in [2.24, 2.45) is 0 Å². The molecule has 0 spiro atoms. The molecule has 1 unspecified atom stereocenters. The summed E-state index contributed by atoms with van der Waals surface area (Å²) < 4.78 is 11.2. The molecule has 1 aliphatic heterocycles. The first-order valence-corrected chi connectivity index (χ1v) is 10.9. The molecule has 1 heterocycles. The van der Waals surface area contributed by atoms with Gasteiger partial charge in [0.25, 0.3) is 5.91 Å². The standard InChI is InChI=1S/C26H25N3O3S/c1-17-23(25(30)28-20-11-7-12-21(15-20)31-2)24(29-26(33)27-17)19-10-6-13-22(14-19)32-16-18-8-4-3-5-9-18/h3-15,24H,16H2,1-2H3,(H,28,30)(H2,27,29,33). The highest BCUT2D eigenvalue weighted by Gasteiger charge is 2.30. The summed E-state index contributed by atoms with van der Waals surface area (Å²) in [6.45, 7) is 2.30. The average molecular weight is 460 g/mol. The molecule has 0 radical (unpaired) electrons. The first kappa shape index (κ1) is 22.4. The predicted octanol–water partition coefficient (Wildman–Crippen LogP) is 4.71. The average Bonchev–Trinajstić information content (AvgIpc) is 2.83.